The molecule has 1 aliphatic heterocycles. The standard InChI is InChI=1S/C20H23N3O2/c1-3-14(2)18(19(24)22-12-15-8-10-21-11-9-15)23-13-16-6-4-5-7-17(16)20(23)25/h4-11,14,18H,3,12-13H2,1-2H3,(H,22,24)/t14-,18-/m0/s1. The lowest BCUT2D eigenvalue weighted by Crippen LogP contribution is -2.50. The minimum absolute atomic E-state index is 0.0556. The summed E-state index contributed by atoms with van der Waals surface area (Å²) in [5, 5.41) is 2.98. The van der Waals surface area contributed by atoms with Gasteiger partial charge in [-0.3, -0.25) is 14.6 Å². The van der Waals surface area contributed by atoms with Crippen LogP contribution in [0.2, 0.25) is 0 Å². The number of nitrogens with one attached hydrogen (secondary N) is 1. The first kappa shape index (κ1) is 17.1. The van der Waals surface area contributed by atoms with Crippen molar-refractivity contribution in [1.82, 2.24) is 15.2 Å². The van der Waals surface area contributed by atoms with E-state index in [2.05, 4.69) is 10.3 Å². The van der Waals surface area contributed by atoms with Gasteiger partial charge in [-0.1, -0.05) is 38.5 Å². The Labute approximate surface area is 148 Å². The Hall–Kier alpha value is -2.69. The molecule has 130 valence electrons. The molecule has 1 aliphatic rings. The van der Waals surface area contributed by atoms with Crippen molar-refractivity contribution >= 4 is 11.8 Å². The van der Waals surface area contributed by atoms with Crippen LogP contribution in [0.5, 0.6) is 0 Å². The molecule has 0 saturated heterocycles. The van der Waals surface area contributed by atoms with Crippen LogP contribution >= 0.6 is 0 Å². The minimum Gasteiger partial charge on any atom is -0.350 e. The van der Waals surface area contributed by atoms with E-state index in [1.54, 1.807) is 17.3 Å². The van der Waals surface area contributed by atoms with Crippen LogP contribution in [0.1, 0.15) is 41.8 Å². The lowest BCUT2D eigenvalue weighted by Gasteiger charge is -2.31. The highest BCUT2D eigenvalue weighted by Crippen LogP contribution is 2.28. The third-order valence-electron chi connectivity index (χ3n) is 4.85. The summed E-state index contributed by atoms with van der Waals surface area (Å²) in [7, 11) is 0. The van der Waals surface area contributed by atoms with Crippen LogP contribution < -0.4 is 5.32 Å². The van der Waals surface area contributed by atoms with Crippen molar-refractivity contribution < 1.29 is 9.59 Å². The highest BCUT2D eigenvalue weighted by Gasteiger charge is 2.38. The Morgan fingerprint density at radius 2 is 1.96 bits per heavy atom. The Morgan fingerprint density at radius 3 is 2.64 bits per heavy atom. The van der Waals surface area contributed by atoms with E-state index in [-0.39, 0.29) is 17.7 Å². The molecule has 1 N–H and O–H groups in total. The number of benzene rings is 1. The minimum atomic E-state index is -0.466. The Balaban J connectivity index is 1.76. The van der Waals surface area contributed by atoms with Crippen LogP contribution in [-0.2, 0) is 17.9 Å². The number of hydrogen-bond donors (Lipinski definition) is 1. The van der Waals surface area contributed by atoms with E-state index in [4.69, 9.17) is 0 Å². The normalized spacial score (nSPS) is 15.6. The maximum atomic E-state index is 12.9. The molecule has 0 radical (unpaired) electrons. The summed E-state index contributed by atoms with van der Waals surface area (Å²) in [6, 6.07) is 10.9. The van der Waals surface area contributed by atoms with Crippen LogP contribution in [0.25, 0.3) is 0 Å². The predicted octanol–water partition coefficient (Wildman–Crippen LogP) is 2.77. The lowest BCUT2D eigenvalue weighted by atomic mass is 9.96. The van der Waals surface area contributed by atoms with E-state index in [9.17, 15) is 9.59 Å². The molecule has 3 rings (SSSR count). The van der Waals surface area contributed by atoms with Gasteiger partial charge in [0.2, 0.25) is 5.91 Å². The summed E-state index contributed by atoms with van der Waals surface area (Å²) < 4.78 is 0. The van der Waals surface area contributed by atoms with E-state index in [1.165, 1.54) is 0 Å². The molecule has 0 bridgehead atoms. The summed E-state index contributed by atoms with van der Waals surface area (Å²) in [4.78, 5) is 31.3. The molecule has 0 unspecified atom stereocenters. The monoisotopic (exact) mass is 337 g/mol. The summed E-state index contributed by atoms with van der Waals surface area (Å²) in [5.74, 6) is -0.0806. The number of pyridine rings is 1. The maximum absolute atomic E-state index is 12.9. The number of nitrogens with zero attached hydrogens (tertiary/aromatic N) is 2. The van der Waals surface area contributed by atoms with Crippen molar-refractivity contribution in [3.63, 3.8) is 0 Å². The van der Waals surface area contributed by atoms with Crippen LogP contribution in [0, 0.1) is 5.92 Å². The molecule has 0 spiro atoms. The third-order valence-corrected chi connectivity index (χ3v) is 4.85. The van der Waals surface area contributed by atoms with E-state index in [0.717, 1.165) is 17.5 Å². The largest absolute Gasteiger partial charge is 0.350 e. The molecular weight excluding hydrogens is 314 g/mol. The molecule has 2 aromatic rings. The van der Waals surface area contributed by atoms with Gasteiger partial charge in [-0.05, 0) is 35.2 Å². The molecule has 2 atom stereocenters. The fourth-order valence-electron chi connectivity index (χ4n) is 3.23. The SMILES string of the molecule is CC[C@H](C)[C@@H](C(=O)NCc1ccncc1)N1Cc2ccccc2C1=O. The van der Waals surface area contributed by atoms with E-state index in [0.29, 0.717) is 18.7 Å². The Kier molecular flexibility index (Phi) is 5.12. The number of rotatable bonds is 6. The number of carbonyl (C=O) groups excluding carboxylic acids is 2. The highest BCUT2D eigenvalue weighted by atomic mass is 16.2. The molecule has 1 aromatic heterocycles. The third kappa shape index (κ3) is 3.55. The lowest BCUT2D eigenvalue weighted by molar-refractivity contribution is -0.127. The molecule has 5 heteroatoms. The van der Waals surface area contributed by atoms with Gasteiger partial charge >= 0.3 is 0 Å². The van der Waals surface area contributed by atoms with Gasteiger partial charge in [0.05, 0.1) is 0 Å². The quantitative estimate of drug-likeness (QED) is 0.882. The molecule has 0 saturated carbocycles. The zero-order chi connectivity index (χ0) is 17.8. The fraction of sp³-hybridized carbons (Fsp3) is 0.350. The van der Waals surface area contributed by atoms with Gasteiger partial charge in [0.25, 0.3) is 5.91 Å². The van der Waals surface area contributed by atoms with E-state index < -0.39 is 6.04 Å². The van der Waals surface area contributed by atoms with Crippen molar-refractivity contribution in [3.8, 4) is 0 Å². The van der Waals surface area contributed by atoms with E-state index in [1.807, 2.05) is 50.2 Å². The van der Waals surface area contributed by atoms with Gasteiger partial charge in [-0.15, -0.1) is 0 Å². The van der Waals surface area contributed by atoms with Gasteiger partial charge in [0.1, 0.15) is 6.04 Å². The van der Waals surface area contributed by atoms with Crippen molar-refractivity contribution in [1.29, 1.82) is 0 Å². The zero-order valence-corrected chi connectivity index (χ0v) is 14.6. The van der Waals surface area contributed by atoms with Gasteiger partial charge in [0, 0.05) is 31.0 Å². The average Bonchev–Trinajstić information content (AvgIpc) is 2.97. The summed E-state index contributed by atoms with van der Waals surface area (Å²) in [6.07, 6.45) is 4.23. The zero-order valence-electron chi connectivity index (χ0n) is 14.6. The number of amides is 2. The van der Waals surface area contributed by atoms with Crippen molar-refractivity contribution in [2.24, 2.45) is 5.92 Å². The van der Waals surface area contributed by atoms with E-state index >= 15 is 0 Å². The summed E-state index contributed by atoms with van der Waals surface area (Å²) in [5.41, 5.74) is 2.68. The molecule has 25 heavy (non-hydrogen) atoms. The van der Waals surface area contributed by atoms with Crippen molar-refractivity contribution in [2.75, 3.05) is 0 Å². The Bertz CT molecular complexity index is 761. The number of fused-ring (bicyclic) bond motifs is 1. The van der Waals surface area contributed by atoms with Crippen molar-refractivity contribution in [2.45, 2.75) is 39.4 Å². The Morgan fingerprint density at radius 1 is 1.24 bits per heavy atom. The molecule has 5 nitrogen and oxygen atoms in total. The van der Waals surface area contributed by atoms with Gasteiger partial charge < -0.3 is 10.2 Å². The predicted molar refractivity (Wildman–Crippen MR) is 95.6 cm³/mol. The molecular formula is C20H23N3O2. The first-order valence-corrected chi connectivity index (χ1v) is 8.67. The van der Waals surface area contributed by atoms with Gasteiger partial charge in [-0.2, -0.15) is 0 Å². The smallest absolute Gasteiger partial charge is 0.255 e. The molecule has 2 amide bonds. The molecule has 1 aromatic carbocycles. The second-order valence-electron chi connectivity index (χ2n) is 6.49. The molecule has 2 heterocycles. The van der Waals surface area contributed by atoms with Crippen molar-refractivity contribution in [3.05, 3.63) is 65.5 Å². The van der Waals surface area contributed by atoms with Crippen LogP contribution in [0.4, 0.5) is 0 Å². The first-order valence-electron chi connectivity index (χ1n) is 8.67. The number of aromatic nitrogens is 1. The van der Waals surface area contributed by atoms with Gasteiger partial charge in [0.15, 0.2) is 0 Å². The molecule has 0 fully saturated rings. The topological polar surface area (TPSA) is 62.3 Å². The van der Waals surface area contributed by atoms with Crippen LogP contribution in [-0.4, -0.2) is 27.7 Å². The van der Waals surface area contributed by atoms with Crippen LogP contribution in [0.15, 0.2) is 48.8 Å². The highest BCUT2D eigenvalue weighted by molar-refractivity contribution is 6.01. The fourth-order valence-corrected chi connectivity index (χ4v) is 3.23. The maximum Gasteiger partial charge on any atom is 0.255 e. The second kappa shape index (κ2) is 7.47. The second-order valence-corrected chi connectivity index (χ2v) is 6.49. The number of carbonyl (C=O) groups is 2. The first-order chi connectivity index (χ1) is 12.1. The molecule has 0 aliphatic carbocycles. The number of hydrogen-bond acceptors (Lipinski definition) is 3. The van der Waals surface area contributed by atoms with Gasteiger partial charge in [-0.25, -0.2) is 0 Å². The average molecular weight is 337 g/mol. The van der Waals surface area contributed by atoms with Crippen LogP contribution in [0.3, 0.4) is 0 Å². The summed E-state index contributed by atoms with van der Waals surface area (Å²) >= 11 is 0. The summed E-state index contributed by atoms with van der Waals surface area (Å²) in [6.45, 7) is 4.99.